The van der Waals surface area contributed by atoms with Crippen LogP contribution in [0.25, 0.3) is 11.1 Å². The zero-order valence-electron chi connectivity index (χ0n) is 18.5. The van der Waals surface area contributed by atoms with Gasteiger partial charge in [0.25, 0.3) is 5.91 Å². The predicted molar refractivity (Wildman–Crippen MR) is 129 cm³/mol. The molecule has 2 aromatic carbocycles. The topological polar surface area (TPSA) is 60.2 Å². The molecule has 0 aliphatic carbocycles. The number of halogens is 5. The summed E-state index contributed by atoms with van der Waals surface area (Å²) < 4.78 is 38.7. The number of carbonyl (C=O) groups is 1. The number of rotatable bonds is 3. The van der Waals surface area contributed by atoms with Gasteiger partial charge >= 0.3 is 6.18 Å². The van der Waals surface area contributed by atoms with Gasteiger partial charge in [0.15, 0.2) is 0 Å². The van der Waals surface area contributed by atoms with E-state index in [9.17, 15) is 23.2 Å². The predicted octanol–water partition coefficient (Wildman–Crippen LogP) is 6.22. The number of piperazine rings is 1. The van der Waals surface area contributed by atoms with Gasteiger partial charge < -0.3 is 9.80 Å². The monoisotopic (exact) mass is 518 g/mol. The third-order valence-electron chi connectivity index (χ3n) is 5.89. The highest BCUT2D eigenvalue weighted by molar-refractivity contribution is 6.36. The number of alkyl halides is 3. The molecular weight excluding hydrogens is 500 g/mol. The Labute approximate surface area is 210 Å². The van der Waals surface area contributed by atoms with Crippen molar-refractivity contribution in [3.8, 4) is 17.2 Å². The Morgan fingerprint density at radius 1 is 1.06 bits per heavy atom. The van der Waals surface area contributed by atoms with Crippen LogP contribution >= 0.6 is 23.2 Å². The van der Waals surface area contributed by atoms with Crippen molar-refractivity contribution in [1.29, 1.82) is 5.26 Å². The molecule has 0 bridgehead atoms. The fourth-order valence-corrected chi connectivity index (χ4v) is 4.54. The number of hydrogen-bond acceptors (Lipinski definition) is 4. The lowest BCUT2D eigenvalue weighted by Gasteiger charge is -2.36. The quantitative estimate of drug-likeness (QED) is 0.413. The van der Waals surface area contributed by atoms with Crippen LogP contribution in [0.4, 0.5) is 19.0 Å². The van der Waals surface area contributed by atoms with Crippen molar-refractivity contribution in [1.82, 2.24) is 9.88 Å². The summed E-state index contributed by atoms with van der Waals surface area (Å²) in [5.41, 5.74) is 1.41. The smallest absolute Gasteiger partial charge is 0.352 e. The van der Waals surface area contributed by atoms with Gasteiger partial charge in [-0.05, 0) is 53.9 Å². The first-order valence-electron chi connectivity index (χ1n) is 10.7. The third-order valence-corrected chi connectivity index (χ3v) is 6.38. The van der Waals surface area contributed by atoms with Crippen LogP contribution in [0.3, 0.4) is 0 Å². The summed E-state index contributed by atoms with van der Waals surface area (Å²) in [5, 5.41) is 10.6. The molecule has 1 amide bonds. The minimum atomic E-state index is -4.44. The van der Waals surface area contributed by atoms with E-state index in [0.717, 1.165) is 12.1 Å². The van der Waals surface area contributed by atoms with E-state index in [4.69, 9.17) is 23.2 Å². The van der Waals surface area contributed by atoms with E-state index < -0.39 is 11.7 Å². The number of nitriles is 1. The maximum absolute atomic E-state index is 13.3. The number of amides is 1. The third kappa shape index (κ3) is 5.21. The van der Waals surface area contributed by atoms with Gasteiger partial charge in [-0.3, -0.25) is 4.79 Å². The molecule has 10 heteroatoms. The summed E-state index contributed by atoms with van der Waals surface area (Å²) in [5.74, 6) is 0.389. The first-order valence-corrected chi connectivity index (χ1v) is 11.4. The molecule has 3 aromatic rings. The first-order chi connectivity index (χ1) is 16.6. The van der Waals surface area contributed by atoms with Gasteiger partial charge in [-0.1, -0.05) is 35.3 Å². The number of nitrogens with zero attached hydrogens (tertiary/aromatic N) is 4. The Balaban J connectivity index is 1.53. The molecule has 180 valence electrons. The number of hydrogen-bond donors (Lipinski definition) is 0. The summed E-state index contributed by atoms with van der Waals surface area (Å²) in [6, 6.07) is 11.5. The molecule has 0 radical (unpaired) electrons. The molecule has 5 nitrogen and oxygen atoms in total. The summed E-state index contributed by atoms with van der Waals surface area (Å²) in [6.07, 6.45) is -2.92. The zero-order chi connectivity index (χ0) is 25.3. The van der Waals surface area contributed by atoms with E-state index in [1.54, 1.807) is 24.0 Å². The van der Waals surface area contributed by atoms with Crippen LogP contribution in [-0.4, -0.2) is 42.0 Å². The van der Waals surface area contributed by atoms with Gasteiger partial charge in [0.2, 0.25) is 0 Å². The number of benzene rings is 2. The Hall–Kier alpha value is -3.28. The molecule has 4 rings (SSSR count). The lowest BCUT2D eigenvalue weighted by Crippen LogP contribution is -2.49. The highest BCUT2D eigenvalue weighted by atomic mass is 35.5. The van der Waals surface area contributed by atoms with Gasteiger partial charge in [-0.25, -0.2) is 4.98 Å². The van der Waals surface area contributed by atoms with Crippen LogP contribution in [0, 0.1) is 18.3 Å². The molecule has 1 aromatic heterocycles. The highest BCUT2D eigenvalue weighted by Gasteiger charge is 2.30. The second-order valence-corrected chi connectivity index (χ2v) is 8.98. The Morgan fingerprint density at radius 2 is 1.71 bits per heavy atom. The first kappa shape index (κ1) is 24.8. The van der Waals surface area contributed by atoms with Gasteiger partial charge in [0.1, 0.15) is 5.82 Å². The fraction of sp³-hybridized carbons (Fsp3) is 0.240. The summed E-state index contributed by atoms with van der Waals surface area (Å²) in [6.45, 7) is 3.65. The molecule has 0 saturated carbocycles. The van der Waals surface area contributed by atoms with Gasteiger partial charge in [-0.2, -0.15) is 18.4 Å². The van der Waals surface area contributed by atoms with Crippen LogP contribution in [0.1, 0.15) is 27.0 Å². The largest absolute Gasteiger partial charge is 0.416 e. The van der Waals surface area contributed by atoms with Crippen molar-refractivity contribution in [2.24, 2.45) is 0 Å². The number of aryl methyl sites for hydroxylation is 1. The summed E-state index contributed by atoms with van der Waals surface area (Å²) >= 11 is 12.2. The molecule has 1 saturated heterocycles. The van der Waals surface area contributed by atoms with E-state index in [1.807, 2.05) is 4.90 Å². The maximum Gasteiger partial charge on any atom is 0.416 e. The standard InChI is InChI=1S/C25H19Cl2F3N4O/c1-15-10-21(16-2-4-18(5-3-16)25(28,29)30)17(13-31)11-20(15)24(35)34-8-6-33(7-9-34)23-22(27)12-19(26)14-32-23/h2-5,10-12,14H,6-9H2,1H3. The molecule has 0 spiro atoms. The number of pyridine rings is 1. The molecule has 1 aliphatic heterocycles. The lowest BCUT2D eigenvalue weighted by molar-refractivity contribution is -0.137. The summed E-state index contributed by atoms with van der Waals surface area (Å²) in [7, 11) is 0. The van der Waals surface area contributed by atoms with Crippen molar-refractivity contribution in [3.05, 3.63) is 81.0 Å². The van der Waals surface area contributed by atoms with Crippen molar-refractivity contribution < 1.29 is 18.0 Å². The Bertz CT molecular complexity index is 1310. The SMILES string of the molecule is Cc1cc(-c2ccc(C(F)(F)F)cc2)c(C#N)cc1C(=O)N1CCN(c2ncc(Cl)cc2Cl)CC1. The molecule has 2 heterocycles. The van der Waals surface area contributed by atoms with Gasteiger partial charge in [-0.15, -0.1) is 0 Å². The molecule has 1 fully saturated rings. The van der Waals surface area contributed by atoms with E-state index >= 15 is 0 Å². The van der Waals surface area contributed by atoms with E-state index in [1.165, 1.54) is 24.4 Å². The molecular formula is C25H19Cl2F3N4O. The van der Waals surface area contributed by atoms with Crippen molar-refractivity contribution in [3.63, 3.8) is 0 Å². The second-order valence-electron chi connectivity index (χ2n) is 8.14. The van der Waals surface area contributed by atoms with Crippen molar-refractivity contribution in [2.75, 3.05) is 31.1 Å². The summed E-state index contributed by atoms with van der Waals surface area (Å²) in [4.78, 5) is 21.2. The molecule has 35 heavy (non-hydrogen) atoms. The molecule has 0 N–H and O–H groups in total. The van der Waals surface area contributed by atoms with Crippen LogP contribution in [0.15, 0.2) is 48.7 Å². The minimum absolute atomic E-state index is 0.215. The van der Waals surface area contributed by atoms with Crippen LogP contribution in [-0.2, 0) is 6.18 Å². The average Bonchev–Trinajstić information content (AvgIpc) is 2.83. The number of anilines is 1. The van der Waals surface area contributed by atoms with Crippen LogP contribution in [0.5, 0.6) is 0 Å². The van der Waals surface area contributed by atoms with Gasteiger partial charge in [0, 0.05) is 37.9 Å². The molecule has 0 unspecified atom stereocenters. The Morgan fingerprint density at radius 3 is 2.29 bits per heavy atom. The van der Waals surface area contributed by atoms with Crippen molar-refractivity contribution >= 4 is 34.9 Å². The van der Waals surface area contributed by atoms with Crippen molar-refractivity contribution in [2.45, 2.75) is 13.1 Å². The highest BCUT2D eigenvalue weighted by Crippen LogP contribution is 2.33. The van der Waals surface area contributed by atoms with Crippen LogP contribution < -0.4 is 4.90 Å². The number of aromatic nitrogens is 1. The number of carbonyl (C=O) groups excluding carboxylic acids is 1. The van der Waals surface area contributed by atoms with E-state index in [0.29, 0.717) is 64.3 Å². The van der Waals surface area contributed by atoms with Crippen LogP contribution in [0.2, 0.25) is 10.0 Å². The minimum Gasteiger partial charge on any atom is -0.352 e. The molecule has 0 atom stereocenters. The van der Waals surface area contributed by atoms with E-state index in [2.05, 4.69) is 11.1 Å². The second kappa shape index (κ2) is 9.76. The normalized spacial score (nSPS) is 14.1. The fourth-order valence-electron chi connectivity index (χ4n) is 4.04. The average molecular weight is 519 g/mol. The van der Waals surface area contributed by atoms with Gasteiger partial charge in [0.05, 0.1) is 27.2 Å². The maximum atomic E-state index is 13.3. The van der Waals surface area contributed by atoms with E-state index in [-0.39, 0.29) is 11.5 Å². The molecule has 1 aliphatic rings. The lowest BCUT2D eigenvalue weighted by atomic mass is 9.93. The Kier molecular flexibility index (Phi) is 6.93. The zero-order valence-corrected chi connectivity index (χ0v) is 20.0.